The average Bonchev–Trinajstić information content (AvgIpc) is 3.25. The summed E-state index contributed by atoms with van der Waals surface area (Å²) in [4.78, 5) is 33.4. The summed E-state index contributed by atoms with van der Waals surface area (Å²) >= 11 is 0. The molecule has 1 aromatic heterocycles. The summed E-state index contributed by atoms with van der Waals surface area (Å²) in [6.45, 7) is 6.44. The highest BCUT2D eigenvalue weighted by Gasteiger charge is 2.49. The molecular formula is C23H24N6O2. The standard InChI is InChI=1S/C23H24N6O2/c1-13-14(2)26-29(15(13)3)22-24-20-19(21(30)25-23(31)27(20)4)28(22)12-17-10-7-9-16-8-5-6-11-18(16)17/h5-11,19-20H,12H2,1-4H3,(H,25,30,31). The van der Waals surface area contributed by atoms with E-state index in [9.17, 15) is 9.59 Å². The normalized spacial score (nSPS) is 20.8. The van der Waals surface area contributed by atoms with Crippen molar-refractivity contribution in [2.75, 3.05) is 7.05 Å². The number of nitrogens with zero attached hydrogens (tertiary/aromatic N) is 5. The van der Waals surface area contributed by atoms with Crippen molar-refractivity contribution >= 4 is 28.7 Å². The highest BCUT2D eigenvalue weighted by atomic mass is 16.2. The van der Waals surface area contributed by atoms with Gasteiger partial charge >= 0.3 is 6.03 Å². The Morgan fingerprint density at radius 3 is 2.52 bits per heavy atom. The van der Waals surface area contributed by atoms with Crippen molar-refractivity contribution in [3.63, 3.8) is 0 Å². The van der Waals surface area contributed by atoms with E-state index in [-0.39, 0.29) is 5.91 Å². The first-order chi connectivity index (χ1) is 14.9. The van der Waals surface area contributed by atoms with Crippen LogP contribution in [0.15, 0.2) is 47.5 Å². The van der Waals surface area contributed by atoms with Gasteiger partial charge in [-0.1, -0.05) is 42.5 Å². The lowest BCUT2D eigenvalue weighted by Gasteiger charge is -2.36. The monoisotopic (exact) mass is 416 g/mol. The second-order valence-corrected chi connectivity index (χ2v) is 8.17. The molecule has 158 valence electrons. The van der Waals surface area contributed by atoms with E-state index in [4.69, 9.17) is 4.99 Å². The third-order valence-corrected chi connectivity index (χ3v) is 6.40. The zero-order valence-electron chi connectivity index (χ0n) is 18.0. The molecule has 2 unspecified atom stereocenters. The molecule has 3 amide bonds. The molecule has 0 bridgehead atoms. The maximum atomic E-state index is 12.9. The van der Waals surface area contributed by atoms with Gasteiger partial charge in [-0.15, -0.1) is 0 Å². The summed E-state index contributed by atoms with van der Waals surface area (Å²) < 4.78 is 1.79. The topological polar surface area (TPSA) is 82.8 Å². The molecule has 1 saturated heterocycles. The number of fused-ring (bicyclic) bond motifs is 2. The summed E-state index contributed by atoms with van der Waals surface area (Å²) in [5.41, 5.74) is 4.04. The van der Waals surface area contributed by atoms with Crippen LogP contribution in [0.1, 0.15) is 22.5 Å². The molecule has 3 aromatic rings. The number of urea groups is 1. The zero-order chi connectivity index (χ0) is 21.9. The Labute approximate surface area is 180 Å². The van der Waals surface area contributed by atoms with E-state index in [1.165, 1.54) is 4.90 Å². The molecule has 8 nitrogen and oxygen atoms in total. The molecule has 1 fully saturated rings. The van der Waals surface area contributed by atoms with E-state index in [1.807, 2.05) is 43.9 Å². The molecule has 1 N–H and O–H groups in total. The fraction of sp³-hybridized carbons (Fsp3) is 0.304. The third-order valence-electron chi connectivity index (χ3n) is 6.40. The maximum absolute atomic E-state index is 12.9. The van der Waals surface area contributed by atoms with E-state index in [0.717, 1.165) is 33.3 Å². The van der Waals surface area contributed by atoms with Crippen LogP contribution in [0, 0.1) is 20.8 Å². The van der Waals surface area contributed by atoms with Gasteiger partial charge in [0.05, 0.1) is 5.69 Å². The van der Waals surface area contributed by atoms with Crippen LogP contribution in [0.5, 0.6) is 0 Å². The Hall–Kier alpha value is -3.68. The van der Waals surface area contributed by atoms with Crippen molar-refractivity contribution in [3.05, 3.63) is 65.0 Å². The first-order valence-electron chi connectivity index (χ1n) is 10.3. The highest BCUT2D eigenvalue weighted by Crippen LogP contribution is 2.29. The smallest absolute Gasteiger partial charge is 0.321 e. The zero-order valence-corrected chi connectivity index (χ0v) is 18.0. The second-order valence-electron chi connectivity index (χ2n) is 8.17. The Kier molecular flexibility index (Phi) is 4.32. The van der Waals surface area contributed by atoms with Gasteiger partial charge in [0, 0.05) is 19.3 Å². The predicted octanol–water partition coefficient (Wildman–Crippen LogP) is 2.56. The van der Waals surface area contributed by atoms with Crippen molar-refractivity contribution in [2.45, 2.75) is 39.5 Å². The van der Waals surface area contributed by atoms with Crippen LogP contribution in [0.2, 0.25) is 0 Å². The number of imide groups is 1. The molecule has 0 saturated carbocycles. The molecule has 0 aliphatic carbocycles. The lowest BCUT2D eigenvalue weighted by molar-refractivity contribution is -0.127. The summed E-state index contributed by atoms with van der Waals surface area (Å²) in [6.07, 6.45) is -0.601. The number of rotatable bonds is 2. The highest BCUT2D eigenvalue weighted by molar-refractivity contribution is 6.04. The number of carbonyl (C=O) groups is 2. The predicted molar refractivity (Wildman–Crippen MR) is 118 cm³/mol. The molecule has 2 atom stereocenters. The van der Waals surface area contributed by atoms with E-state index in [0.29, 0.717) is 12.5 Å². The lowest BCUT2D eigenvalue weighted by Crippen LogP contribution is -2.63. The number of amides is 3. The number of aryl methyl sites for hydroxylation is 1. The molecule has 5 rings (SSSR count). The van der Waals surface area contributed by atoms with Gasteiger partial charge in [-0.25, -0.2) is 14.5 Å². The summed E-state index contributed by atoms with van der Waals surface area (Å²) in [5, 5.41) is 9.40. The number of hydrogen-bond donors (Lipinski definition) is 1. The summed E-state index contributed by atoms with van der Waals surface area (Å²) in [6, 6.07) is 13.3. The number of aliphatic imine (C=N–C) groups is 1. The molecule has 8 heteroatoms. The van der Waals surface area contributed by atoms with Crippen molar-refractivity contribution in [2.24, 2.45) is 4.99 Å². The van der Waals surface area contributed by atoms with E-state index >= 15 is 0 Å². The number of benzene rings is 2. The van der Waals surface area contributed by atoms with Crippen molar-refractivity contribution < 1.29 is 9.59 Å². The molecule has 3 heterocycles. The van der Waals surface area contributed by atoms with Crippen LogP contribution in [0.25, 0.3) is 10.8 Å². The van der Waals surface area contributed by atoms with Gasteiger partial charge in [-0.2, -0.15) is 5.10 Å². The number of likely N-dealkylation sites (N-methyl/N-ethyl adjacent to an activating group) is 1. The summed E-state index contributed by atoms with van der Waals surface area (Å²) in [5.74, 6) is 0.235. The van der Waals surface area contributed by atoms with Crippen LogP contribution in [-0.4, -0.2) is 56.7 Å². The minimum atomic E-state index is -0.624. The Balaban J connectivity index is 1.64. The maximum Gasteiger partial charge on any atom is 0.325 e. The van der Waals surface area contributed by atoms with Gasteiger partial charge in [0.1, 0.15) is 0 Å². The average molecular weight is 416 g/mol. The number of aromatic nitrogens is 2. The minimum Gasteiger partial charge on any atom is -0.321 e. The fourth-order valence-electron chi connectivity index (χ4n) is 4.39. The Morgan fingerprint density at radius 2 is 1.77 bits per heavy atom. The van der Waals surface area contributed by atoms with Gasteiger partial charge in [-0.05, 0) is 42.7 Å². The molecular weight excluding hydrogens is 392 g/mol. The minimum absolute atomic E-state index is 0.342. The van der Waals surface area contributed by atoms with Crippen molar-refractivity contribution in [1.82, 2.24) is 24.9 Å². The SMILES string of the molecule is Cc1nn(C2=NC3C(C(=O)NC(=O)N3C)N2Cc2cccc3ccccc23)c(C)c1C. The molecule has 0 radical (unpaired) electrons. The Bertz CT molecular complexity index is 1250. The number of carbonyl (C=O) groups excluding carboxylic acids is 2. The Morgan fingerprint density at radius 1 is 1.03 bits per heavy atom. The van der Waals surface area contributed by atoms with Crippen LogP contribution < -0.4 is 5.32 Å². The van der Waals surface area contributed by atoms with Crippen molar-refractivity contribution in [3.8, 4) is 0 Å². The largest absolute Gasteiger partial charge is 0.325 e. The van der Waals surface area contributed by atoms with Crippen LogP contribution >= 0.6 is 0 Å². The lowest BCUT2D eigenvalue weighted by atomic mass is 10.0. The number of hydrogen-bond acceptors (Lipinski definition) is 5. The first kappa shape index (κ1) is 19.3. The van der Waals surface area contributed by atoms with Crippen LogP contribution in [-0.2, 0) is 11.3 Å². The summed E-state index contributed by atoms with van der Waals surface area (Å²) in [7, 11) is 1.66. The quantitative estimate of drug-likeness (QED) is 0.696. The fourth-order valence-corrected chi connectivity index (χ4v) is 4.39. The van der Waals surface area contributed by atoms with Crippen LogP contribution in [0.3, 0.4) is 0 Å². The molecule has 2 aliphatic heterocycles. The van der Waals surface area contributed by atoms with Gasteiger partial charge in [0.25, 0.3) is 5.91 Å². The van der Waals surface area contributed by atoms with Gasteiger partial charge in [0.2, 0.25) is 5.96 Å². The molecule has 2 aliphatic rings. The van der Waals surface area contributed by atoms with E-state index < -0.39 is 18.2 Å². The first-order valence-corrected chi connectivity index (χ1v) is 10.3. The van der Waals surface area contributed by atoms with Gasteiger partial charge in [0.15, 0.2) is 12.2 Å². The van der Waals surface area contributed by atoms with Crippen molar-refractivity contribution in [1.29, 1.82) is 0 Å². The van der Waals surface area contributed by atoms with E-state index in [1.54, 1.807) is 11.7 Å². The third kappa shape index (κ3) is 2.90. The van der Waals surface area contributed by atoms with Gasteiger partial charge in [-0.3, -0.25) is 10.1 Å². The number of nitrogens with one attached hydrogen (secondary N) is 1. The second kappa shape index (κ2) is 6.94. The molecule has 2 aromatic carbocycles. The van der Waals surface area contributed by atoms with E-state index in [2.05, 4.69) is 34.7 Å². The molecule has 31 heavy (non-hydrogen) atoms. The van der Waals surface area contributed by atoms with Gasteiger partial charge < -0.3 is 9.80 Å². The van der Waals surface area contributed by atoms with Crippen LogP contribution in [0.4, 0.5) is 4.79 Å². The molecule has 0 spiro atoms.